The zero-order valence-electron chi connectivity index (χ0n) is 59.1. The number of rotatable bonds is 30. The first-order valence-corrected chi connectivity index (χ1v) is 40.3. The quantitative estimate of drug-likeness (QED) is 0.0135. The summed E-state index contributed by atoms with van der Waals surface area (Å²) in [5.74, 6) is -1.92. The maximum absolute atomic E-state index is 14.8. The van der Waals surface area contributed by atoms with Gasteiger partial charge in [-0.3, -0.25) is 65.5 Å². The summed E-state index contributed by atoms with van der Waals surface area (Å²) in [6.07, 6.45) is -6.42. The van der Waals surface area contributed by atoms with E-state index in [1.807, 2.05) is 30.3 Å². The fourth-order valence-electron chi connectivity index (χ4n) is 12.4. The van der Waals surface area contributed by atoms with E-state index in [0.29, 0.717) is 50.6 Å². The molecule has 9 aromatic rings. The highest BCUT2D eigenvalue weighted by Gasteiger charge is 2.53. The lowest BCUT2D eigenvalue weighted by molar-refractivity contribution is -0.142. The molecule has 6 aromatic heterocycles. The van der Waals surface area contributed by atoms with Gasteiger partial charge in [0, 0.05) is 88.0 Å². The Balaban J connectivity index is 0.000000208. The van der Waals surface area contributed by atoms with Gasteiger partial charge in [0.15, 0.2) is 23.8 Å². The van der Waals surface area contributed by atoms with Gasteiger partial charge in [0.1, 0.15) is 95.8 Å². The van der Waals surface area contributed by atoms with E-state index in [4.69, 9.17) is 77.9 Å². The first-order valence-electron chi connectivity index (χ1n) is 34.1. The van der Waals surface area contributed by atoms with Gasteiger partial charge in [-0.15, -0.1) is 0 Å². The molecule has 3 aromatic carbocycles. The molecule has 43 heteroatoms. The van der Waals surface area contributed by atoms with Crippen LogP contribution in [0.1, 0.15) is 66.2 Å². The van der Waals surface area contributed by atoms with Gasteiger partial charge < -0.3 is 80.3 Å². The Morgan fingerprint density at radius 3 is 1.54 bits per heavy atom. The molecule has 111 heavy (non-hydrogen) atoms. The summed E-state index contributed by atoms with van der Waals surface area (Å²) in [5, 5.41) is 42.5. The summed E-state index contributed by atoms with van der Waals surface area (Å²) in [6.45, 7) is -9.63. The van der Waals surface area contributed by atoms with Crippen molar-refractivity contribution in [3.8, 4) is 11.5 Å². The van der Waals surface area contributed by atoms with Crippen LogP contribution >= 0.6 is 36.4 Å². The van der Waals surface area contributed by atoms with Crippen molar-refractivity contribution in [2.45, 2.75) is 124 Å². The number of hydrogen-bond acceptors (Lipinski definition) is 35. The second kappa shape index (κ2) is 36.1. The lowest BCUT2D eigenvalue weighted by Crippen LogP contribution is -2.39. The number of hydrogen-bond donors (Lipinski definition) is 9. The van der Waals surface area contributed by atoms with Crippen LogP contribution in [0.3, 0.4) is 0 Å². The molecule has 0 radical (unpaired) electrons. The summed E-state index contributed by atoms with van der Waals surface area (Å²) in [7, 11) is 2.60. The van der Waals surface area contributed by atoms with E-state index in [9.17, 15) is 63.1 Å². The van der Waals surface area contributed by atoms with E-state index in [1.165, 1.54) is 82.9 Å². The molecule has 4 saturated heterocycles. The number of imidazole rings is 2. The van der Waals surface area contributed by atoms with Crippen molar-refractivity contribution in [3.05, 3.63) is 199 Å². The summed E-state index contributed by atoms with van der Waals surface area (Å²) < 4.78 is 110. The number of carbonyl (C=O) groups is 3. The van der Waals surface area contributed by atoms with E-state index in [0.717, 1.165) is 38.2 Å². The monoisotopic (exact) mass is 1620 g/mol. The van der Waals surface area contributed by atoms with Crippen LogP contribution in [-0.4, -0.2) is 200 Å². The number of benzene rings is 3. The number of methoxy groups -OCH3 is 2. The number of esters is 3. The van der Waals surface area contributed by atoms with Gasteiger partial charge in [-0.05, 0) is 77.5 Å². The summed E-state index contributed by atoms with van der Waals surface area (Å²) in [6, 6.07) is 25.7. The lowest BCUT2D eigenvalue weighted by Gasteiger charge is -2.28. The normalized spacial score (nSPS) is 25.0. The second-order valence-electron chi connectivity index (χ2n) is 25.3. The van der Waals surface area contributed by atoms with Crippen molar-refractivity contribution in [3.63, 3.8) is 0 Å². The Kier molecular flexibility index (Phi) is 26.5. The van der Waals surface area contributed by atoms with Gasteiger partial charge in [-0.2, -0.15) is 0 Å². The average Bonchev–Trinajstić information content (AvgIpc) is 1.62. The van der Waals surface area contributed by atoms with E-state index in [-0.39, 0.29) is 42.1 Å². The number of aliphatic hydroxyl groups is 4. The summed E-state index contributed by atoms with van der Waals surface area (Å²) in [5.41, 5.74) is 19.5. The molecular weight excluding hydrogens is 1540 g/mol. The Morgan fingerprint density at radius 2 is 1.07 bits per heavy atom. The minimum absolute atomic E-state index is 0.0335. The van der Waals surface area contributed by atoms with Crippen molar-refractivity contribution in [1.82, 2.24) is 48.2 Å². The highest BCUT2D eigenvalue weighted by molar-refractivity contribution is 8.55. The molecule has 592 valence electrons. The van der Waals surface area contributed by atoms with Crippen LogP contribution in [0.25, 0.3) is 22.3 Å². The molecule has 5 unspecified atom stereocenters. The number of ether oxygens (including phenoxy) is 9. The van der Waals surface area contributed by atoms with Crippen LogP contribution in [0.4, 0.5) is 11.4 Å². The molecular formula is C68H77N13O26P2S2. The minimum Gasteiger partial charge on any atom is -0.453 e. The molecule has 0 spiro atoms. The van der Waals surface area contributed by atoms with Crippen molar-refractivity contribution in [1.29, 1.82) is 0 Å². The van der Waals surface area contributed by atoms with Crippen molar-refractivity contribution < 1.29 is 105 Å². The van der Waals surface area contributed by atoms with E-state index in [1.54, 1.807) is 45.5 Å². The molecule has 0 aliphatic carbocycles. The topological polar surface area (TPSA) is 535 Å². The molecule has 4 aliphatic rings. The number of nitrogens with zero attached hydrogens (tertiary/aromatic N) is 8. The van der Waals surface area contributed by atoms with Crippen molar-refractivity contribution in [2.75, 3.05) is 58.1 Å². The van der Waals surface area contributed by atoms with Crippen LogP contribution in [0, 0.1) is 0 Å². The van der Waals surface area contributed by atoms with Gasteiger partial charge in [0.05, 0.1) is 68.2 Å². The predicted octanol–water partition coefficient (Wildman–Crippen LogP) is 3.14. The molecule has 10 heterocycles. The molecule has 0 amide bonds. The van der Waals surface area contributed by atoms with Crippen molar-refractivity contribution in [2.24, 2.45) is 5.73 Å². The van der Waals surface area contributed by atoms with Crippen LogP contribution in [0.2, 0.25) is 0 Å². The molecule has 4 fully saturated rings. The van der Waals surface area contributed by atoms with E-state index in [2.05, 4.69) is 29.9 Å². The van der Waals surface area contributed by atoms with E-state index < -0.39 is 178 Å². The number of fused-ring (bicyclic) bond motifs is 2. The molecule has 12 N–H and O–H groups in total. The zero-order chi connectivity index (χ0) is 78.8. The maximum atomic E-state index is 14.8. The Bertz CT molecular complexity index is 5100. The number of aromatic nitrogens is 10. The van der Waals surface area contributed by atoms with Gasteiger partial charge in [-0.1, -0.05) is 42.5 Å². The highest BCUT2D eigenvalue weighted by atomic mass is 32.7. The van der Waals surface area contributed by atoms with Gasteiger partial charge in [0.25, 0.3) is 11.1 Å². The molecule has 0 saturated carbocycles. The fraction of sp³-hybridized carbons (Fsp3) is 0.397. The lowest BCUT2D eigenvalue weighted by atomic mass is 10.1. The SMILES string of the molecule is COC1[C@@H](OP(=O)(OC[C@H]2O[C@@H](n3cnc4c(N)ccnc43)C[C@H]2O)SCOC(=O)C(N)Cc2ccccc2)[C@@H](CO)O[C@H]1n1ccc(=O)[nH]c1=O.COC1[C@@H](OP(=O)(OC[C@H]2O[C@@H](n3cnc4c(N)ccnc43)C[C@H]2O)SCc2ccc(OC(=O)c3ccc(OC(C)=O)cc3)cc2)[C@@H](CO)O[C@H]1n1ccc(=O)[nH]c1=O. The third kappa shape index (κ3) is 19.3. The first-order chi connectivity index (χ1) is 53.3. The van der Waals surface area contributed by atoms with Crippen molar-refractivity contribution >= 4 is 88.0 Å². The predicted molar refractivity (Wildman–Crippen MR) is 393 cm³/mol. The highest BCUT2D eigenvalue weighted by Crippen LogP contribution is 2.65. The number of nitrogens with two attached hydrogens (primary N) is 3. The number of aliphatic hydroxyl groups excluding tert-OH is 4. The third-order valence-electron chi connectivity index (χ3n) is 17.9. The van der Waals surface area contributed by atoms with Crippen LogP contribution < -0.4 is 49.2 Å². The van der Waals surface area contributed by atoms with Crippen LogP contribution in [-0.2, 0) is 82.1 Å². The third-order valence-corrected chi connectivity index (χ3v) is 24.9. The Hall–Kier alpha value is -9.17. The molecule has 4 aliphatic heterocycles. The van der Waals surface area contributed by atoms with Gasteiger partial charge >= 0.3 is 42.9 Å². The average molecular weight is 1620 g/mol. The Labute approximate surface area is 636 Å². The smallest absolute Gasteiger partial charge is 0.392 e. The second-order valence-corrected chi connectivity index (χ2v) is 33.3. The molecule has 0 bridgehead atoms. The number of aromatic amines is 2. The van der Waals surface area contributed by atoms with Crippen LogP contribution in [0.5, 0.6) is 11.5 Å². The van der Waals surface area contributed by atoms with Crippen LogP contribution in [0.15, 0.2) is 160 Å². The maximum Gasteiger partial charge on any atom is 0.392 e. The molecule has 17 atom stereocenters. The number of nitrogens with one attached hydrogen (secondary N) is 2. The van der Waals surface area contributed by atoms with Gasteiger partial charge in [0.2, 0.25) is 0 Å². The number of pyridine rings is 2. The Morgan fingerprint density at radius 1 is 0.595 bits per heavy atom. The molecule has 13 rings (SSSR count). The summed E-state index contributed by atoms with van der Waals surface area (Å²) >= 11 is 1.29. The fourth-order valence-corrected chi connectivity index (χ4v) is 18.6. The molecule has 39 nitrogen and oxygen atoms in total. The number of nitrogen functional groups attached to an aromatic ring is 2. The standard InChI is InChI=1S/C37H39N6O14PS.C31H38N7O12PS/c1-20(45)53-23-9-5-22(6-10-23)36(48)54-24-7-3-21(4-8-24)18-59-58(50,57-32-27(16-44)56-35(33(32)51-2)42-14-12-29(47)41-37(42)49)52-17-28-26(46)15-30(55-28)43-19-40-31-25(38)11-13-39-34(31)43;1-45-27-26(21(13-39)49-29(27)37-10-8-23(41)36-31(37)43)50-51(44,52-16-46-30(42)19(33)11-17-5-3-2-4-6-17)47-14-22-20(40)12-24(48-22)38-15-35-25-18(32)7-9-34-28(25)38/h3-14,19,26-28,30,32-33,35,44,46H,15-18H2,1-2H3,(H2,38,39)(H,41,47,49);2-10,15,19-22,24,26-27,29,39-40H,11-14,16,33H2,1H3,(H2,32,34)(H,36,41,43)/t26-,27-,28-,30-,32+,33?,35-,58?;19?,20-,21-,22-,24-,26+,27?,29-,51?/m11/s1. The largest absolute Gasteiger partial charge is 0.453 e. The van der Waals surface area contributed by atoms with E-state index >= 15 is 0 Å². The van der Waals surface area contributed by atoms with Gasteiger partial charge in [-0.25, -0.2) is 43.4 Å². The number of carbonyl (C=O) groups excluding carboxylic acids is 3. The summed E-state index contributed by atoms with van der Waals surface area (Å²) in [4.78, 5) is 107. The zero-order valence-corrected chi connectivity index (χ0v) is 62.5. The number of H-pyrrole nitrogens is 2. The first kappa shape index (κ1) is 81.3. The minimum atomic E-state index is -4.42. The number of anilines is 2.